The van der Waals surface area contributed by atoms with E-state index in [1.54, 1.807) is 13.2 Å². The van der Waals surface area contributed by atoms with Crippen LogP contribution in [0.1, 0.15) is 30.4 Å². The van der Waals surface area contributed by atoms with Gasteiger partial charge in [-0.2, -0.15) is 0 Å². The Morgan fingerprint density at radius 3 is 2.90 bits per heavy atom. The van der Waals surface area contributed by atoms with Crippen molar-refractivity contribution in [2.45, 2.75) is 54.9 Å². The lowest BCUT2D eigenvalue weighted by molar-refractivity contribution is -0.169. The van der Waals surface area contributed by atoms with E-state index in [1.165, 1.54) is 0 Å². The van der Waals surface area contributed by atoms with E-state index in [4.69, 9.17) is 25.1 Å². The van der Waals surface area contributed by atoms with Crippen LogP contribution in [-0.4, -0.2) is 71.5 Å². The Hall–Kier alpha value is -2.62. The molecule has 1 spiro atoms. The number of aliphatic hydroxyl groups is 1. The fourth-order valence-electron chi connectivity index (χ4n) is 6.03. The van der Waals surface area contributed by atoms with Crippen LogP contribution >= 0.6 is 0 Å². The lowest BCUT2D eigenvalue weighted by Gasteiger charge is -2.61. The van der Waals surface area contributed by atoms with Crippen molar-refractivity contribution < 1.29 is 34.0 Å². The number of nitrogens with zero attached hydrogens (tertiary/aromatic N) is 1. The van der Waals surface area contributed by atoms with Crippen LogP contribution in [-0.2, 0) is 26.2 Å². The maximum absolute atomic E-state index is 12.4. The lowest BCUT2D eigenvalue weighted by Crippen LogP contribution is -2.74. The van der Waals surface area contributed by atoms with Crippen LogP contribution in [0.2, 0.25) is 0 Å². The van der Waals surface area contributed by atoms with E-state index in [-0.39, 0.29) is 6.04 Å². The average molecular weight is 430 g/mol. The summed E-state index contributed by atoms with van der Waals surface area (Å²) >= 11 is 0. The molecule has 1 saturated heterocycles. The minimum atomic E-state index is -1.34. The Kier molecular flexibility index (Phi) is 4.38. The maximum atomic E-state index is 12.4. The van der Waals surface area contributed by atoms with E-state index in [1.807, 2.05) is 19.2 Å². The predicted octanol–water partition coefficient (Wildman–Crippen LogP) is 0.318. The topological polar surface area (TPSA) is 132 Å². The molecule has 4 aliphatic rings. The molecule has 4 N–H and O–H groups in total. The summed E-state index contributed by atoms with van der Waals surface area (Å²) < 4.78 is 17.5. The number of ether oxygens (including phenoxy) is 3. The molecule has 1 aromatic carbocycles. The van der Waals surface area contributed by atoms with E-state index < -0.39 is 41.5 Å². The summed E-state index contributed by atoms with van der Waals surface area (Å²) in [4.78, 5) is 25.6. The van der Waals surface area contributed by atoms with E-state index in [0.717, 1.165) is 17.7 Å². The van der Waals surface area contributed by atoms with Crippen LogP contribution in [0, 0.1) is 0 Å². The van der Waals surface area contributed by atoms with Crippen molar-refractivity contribution in [3.05, 3.63) is 35.1 Å². The van der Waals surface area contributed by atoms with Crippen LogP contribution in [0.15, 0.2) is 24.0 Å². The number of likely N-dealkylation sites (tertiary alicyclic amines) is 1. The van der Waals surface area contributed by atoms with Gasteiger partial charge in [-0.15, -0.1) is 0 Å². The summed E-state index contributed by atoms with van der Waals surface area (Å²) in [5.74, 6) is -0.568. The number of likely N-dealkylation sites (N-methyl/N-ethyl adjacent to an activating group) is 1. The highest BCUT2D eigenvalue weighted by molar-refractivity contribution is 5.81. The molecule has 2 aliphatic carbocycles. The molecule has 2 heterocycles. The Bertz CT molecular complexity index is 1010. The molecule has 166 valence electrons. The number of esters is 1. The first-order chi connectivity index (χ1) is 14.7. The second kappa shape index (κ2) is 6.69. The number of carboxylic acid groups (broad SMARTS) is 1. The maximum Gasteiger partial charge on any atom is 0.321 e. The monoisotopic (exact) mass is 430 g/mol. The molecule has 2 bridgehead atoms. The number of piperidine rings is 1. The third kappa shape index (κ3) is 2.54. The number of hydrogen-bond donors (Lipinski definition) is 3. The Labute approximate surface area is 179 Å². The van der Waals surface area contributed by atoms with Crippen molar-refractivity contribution in [2.75, 3.05) is 20.7 Å². The number of rotatable bonds is 5. The SMILES string of the molecule is COc1ccc2c3c1O[C@H]1C(OC(=O)C[C@H](N)C(=O)O)=CC[C@@]4(O)[C@@H](C2)N(C)CC[C@]314. The van der Waals surface area contributed by atoms with Crippen molar-refractivity contribution in [3.63, 3.8) is 0 Å². The molecule has 0 aromatic heterocycles. The highest BCUT2D eigenvalue weighted by atomic mass is 16.6. The van der Waals surface area contributed by atoms with E-state index in [9.17, 15) is 14.7 Å². The second-order valence-electron chi connectivity index (χ2n) is 8.91. The summed E-state index contributed by atoms with van der Waals surface area (Å²) in [6, 6.07) is 2.44. The van der Waals surface area contributed by atoms with Crippen molar-refractivity contribution in [1.82, 2.24) is 4.90 Å². The van der Waals surface area contributed by atoms with Crippen molar-refractivity contribution >= 4 is 11.9 Å². The molecule has 5 atom stereocenters. The summed E-state index contributed by atoms with van der Waals surface area (Å²) in [5, 5.41) is 21.1. The first kappa shape index (κ1) is 20.3. The molecule has 0 unspecified atom stereocenters. The number of methoxy groups -OCH3 is 1. The molecular formula is C22H26N2O7. The van der Waals surface area contributed by atoms with Gasteiger partial charge in [0.1, 0.15) is 11.8 Å². The number of carbonyl (C=O) groups is 2. The number of hydrogen-bond acceptors (Lipinski definition) is 8. The number of carboxylic acids is 1. The van der Waals surface area contributed by atoms with E-state index in [2.05, 4.69) is 4.90 Å². The third-order valence-corrected chi connectivity index (χ3v) is 7.49. The smallest absolute Gasteiger partial charge is 0.321 e. The molecule has 0 amide bonds. The number of aliphatic carboxylic acids is 1. The number of benzene rings is 1. The van der Waals surface area contributed by atoms with Crippen LogP contribution in [0.3, 0.4) is 0 Å². The molecule has 1 fully saturated rings. The van der Waals surface area contributed by atoms with Gasteiger partial charge in [-0.05, 0) is 44.1 Å². The van der Waals surface area contributed by atoms with Gasteiger partial charge in [0.05, 0.1) is 24.5 Å². The summed E-state index contributed by atoms with van der Waals surface area (Å²) in [5.41, 5.74) is 5.65. The summed E-state index contributed by atoms with van der Waals surface area (Å²) in [6.45, 7) is 0.758. The van der Waals surface area contributed by atoms with Gasteiger partial charge in [-0.1, -0.05) is 6.07 Å². The summed E-state index contributed by atoms with van der Waals surface area (Å²) in [6.07, 6.45) is 2.14. The van der Waals surface area contributed by atoms with Crippen LogP contribution in [0.4, 0.5) is 0 Å². The lowest BCUT2D eigenvalue weighted by atomic mass is 9.50. The minimum Gasteiger partial charge on any atom is -0.493 e. The normalized spacial score (nSPS) is 33.6. The molecule has 0 radical (unpaired) electrons. The molecule has 5 rings (SSSR count). The Balaban J connectivity index is 1.59. The fourth-order valence-corrected chi connectivity index (χ4v) is 6.03. The standard InChI is InChI=1S/C22H26N2O7/c1-24-8-7-21-17-11-3-4-13(29-2)18(17)31-19(21)14(5-6-22(21,28)15(24)9-11)30-16(25)10-12(23)20(26)27/h3-5,12,15,19,28H,6-10,23H2,1-2H3,(H,26,27)/t12-,15+,19-,21-,22+/m0/s1. The predicted molar refractivity (Wildman–Crippen MR) is 108 cm³/mol. The minimum absolute atomic E-state index is 0.104. The van der Waals surface area contributed by atoms with Crippen molar-refractivity contribution in [3.8, 4) is 11.5 Å². The van der Waals surface area contributed by atoms with Crippen LogP contribution in [0.25, 0.3) is 0 Å². The van der Waals surface area contributed by atoms with E-state index in [0.29, 0.717) is 36.5 Å². The van der Waals surface area contributed by atoms with Gasteiger partial charge in [-0.25, -0.2) is 0 Å². The Morgan fingerprint density at radius 2 is 2.19 bits per heavy atom. The third-order valence-electron chi connectivity index (χ3n) is 7.49. The molecule has 0 saturated carbocycles. The van der Waals surface area contributed by atoms with Gasteiger partial charge in [0, 0.05) is 18.0 Å². The van der Waals surface area contributed by atoms with Gasteiger partial charge >= 0.3 is 11.9 Å². The number of nitrogens with two attached hydrogens (primary N) is 1. The van der Waals surface area contributed by atoms with E-state index >= 15 is 0 Å². The second-order valence-corrected chi connectivity index (χ2v) is 8.91. The zero-order valence-corrected chi connectivity index (χ0v) is 17.5. The zero-order chi connectivity index (χ0) is 22.1. The fraction of sp³-hybridized carbons (Fsp3) is 0.545. The molecule has 9 heteroatoms. The van der Waals surface area contributed by atoms with Gasteiger partial charge in [0.25, 0.3) is 0 Å². The summed E-state index contributed by atoms with van der Waals surface area (Å²) in [7, 11) is 3.58. The van der Waals surface area contributed by atoms with Crippen molar-refractivity contribution in [2.24, 2.45) is 5.73 Å². The molecule has 9 nitrogen and oxygen atoms in total. The molecular weight excluding hydrogens is 404 g/mol. The quantitative estimate of drug-likeness (QED) is 0.565. The highest BCUT2D eigenvalue weighted by Gasteiger charge is 2.72. The van der Waals surface area contributed by atoms with Gasteiger partial charge < -0.3 is 35.1 Å². The largest absolute Gasteiger partial charge is 0.493 e. The van der Waals surface area contributed by atoms with Gasteiger partial charge in [0.2, 0.25) is 0 Å². The Morgan fingerprint density at radius 1 is 1.42 bits per heavy atom. The number of carbonyl (C=O) groups excluding carboxylic acids is 1. The molecule has 2 aliphatic heterocycles. The van der Waals surface area contributed by atoms with Crippen LogP contribution in [0.5, 0.6) is 11.5 Å². The van der Waals surface area contributed by atoms with Gasteiger partial charge in [-0.3, -0.25) is 9.59 Å². The molecule has 1 aromatic rings. The van der Waals surface area contributed by atoms with Crippen molar-refractivity contribution in [1.29, 1.82) is 0 Å². The molecule has 31 heavy (non-hydrogen) atoms. The average Bonchev–Trinajstić information content (AvgIpc) is 3.08. The van der Waals surface area contributed by atoms with Gasteiger partial charge in [0.15, 0.2) is 17.6 Å². The first-order valence-corrected chi connectivity index (χ1v) is 10.4. The van der Waals surface area contributed by atoms with Crippen LogP contribution < -0.4 is 15.2 Å². The first-order valence-electron chi connectivity index (χ1n) is 10.4. The highest BCUT2D eigenvalue weighted by Crippen LogP contribution is 2.65. The zero-order valence-electron chi connectivity index (χ0n) is 17.5.